The van der Waals surface area contributed by atoms with Crippen molar-refractivity contribution in [3.63, 3.8) is 0 Å². The van der Waals surface area contributed by atoms with Crippen LogP contribution in [-0.2, 0) is 4.79 Å². The van der Waals surface area contributed by atoms with Gasteiger partial charge in [0, 0.05) is 57.3 Å². The Bertz CT molecular complexity index is 1100. The summed E-state index contributed by atoms with van der Waals surface area (Å²) in [4.78, 5) is 19.9. The van der Waals surface area contributed by atoms with Crippen molar-refractivity contribution >= 4 is 17.8 Å². The highest BCUT2D eigenvalue weighted by atomic mass is 16.2. The average molecular weight is 468 g/mol. The molecule has 3 aromatic rings. The molecular formula is C29H33N5O. The molecule has 0 atom stereocenters. The number of rotatable bonds is 6. The Balaban J connectivity index is 1.06. The first kappa shape index (κ1) is 23.2. The first-order valence-electron chi connectivity index (χ1n) is 12.6. The fourth-order valence-corrected chi connectivity index (χ4v) is 4.92. The number of amides is 1. The molecular weight excluding hydrogens is 434 g/mol. The largest absolute Gasteiger partial charge is 0.355 e. The molecule has 35 heavy (non-hydrogen) atoms. The van der Waals surface area contributed by atoms with Gasteiger partial charge in [-0.15, -0.1) is 10.2 Å². The quantitative estimate of drug-likeness (QED) is 0.543. The van der Waals surface area contributed by atoms with Crippen molar-refractivity contribution in [3.8, 4) is 11.3 Å². The number of carbonyl (C=O) groups excluding carboxylic acids is 1. The van der Waals surface area contributed by atoms with Crippen LogP contribution in [0.25, 0.3) is 17.3 Å². The second kappa shape index (κ2) is 11.3. The zero-order valence-corrected chi connectivity index (χ0v) is 20.2. The van der Waals surface area contributed by atoms with Crippen molar-refractivity contribution in [1.29, 1.82) is 0 Å². The van der Waals surface area contributed by atoms with Gasteiger partial charge in [0.2, 0.25) is 5.91 Å². The summed E-state index contributed by atoms with van der Waals surface area (Å²) >= 11 is 0. The summed E-state index contributed by atoms with van der Waals surface area (Å²) in [5.41, 5.74) is 3.18. The first-order chi connectivity index (χ1) is 17.3. The molecule has 0 saturated carbocycles. The van der Waals surface area contributed by atoms with E-state index in [0.29, 0.717) is 5.91 Å². The number of carbonyl (C=O) groups is 1. The van der Waals surface area contributed by atoms with Gasteiger partial charge in [-0.2, -0.15) is 0 Å². The Labute approximate surface area is 207 Å². The zero-order chi connectivity index (χ0) is 23.9. The van der Waals surface area contributed by atoms with E-state index in [-0.39, 0.29) is 5.92 Å². The van der Waals surface area contributed by atoms with E-state index >= 15 is 0 Å². The summed E-state index contributed by atoms with van der Waals surface area (Å²) < 4.78 is 0. The number of piperidine rings is 1. The van der Waals surface area contributed by atoms with Gasteiger partial charge in [0.05, 0.1) is 5.69 Å². The number of anilines is 1. The van der Waals surface area contributed by atoms with Crippen molar-refractivity contribution in [2.45, 2.75) is 12.8 Å². The molecule has 0 spiro atoms. The van der Waals surface area contributed by atoms with Crippen LogP contribution in [0.2, 0.25) is 0 Å². The molecule has 0 N–H and O–H groups in total. The van der Waals surface area contributed by atoms with Crippen LogP contribution in [0.3, 0.4) is 0 Å². The first-order valence-corrected chi connectivity index (χ1v) is 12.6. The van der Waals surface area contributed by atoms with Gasteiger partial charge in [-0.1, -0.05) is 72.8 Å². The Kier molecular flexibility index (Phi) is 7.49. The highest BCUT2D eigenvalue weighted by Gasteiger charge is 2.30. The molecule has 6 nitrogen and oxygen atoms in total. The standard InChI is InChI=1S/C29H33N5O/c35-29(34-22-20-32(21-23-34)17-7-10-24-8-3-1-4-9-24)26-15-18-33(19-16-26)28-14-13-27(30-31-28)25-11-5-2-6-12-25/h1-14,26H,15-23H2/b10-7+. The summed E-state index contributed by atoms with van der Waals surface area (Å²) in [6.45, 7) is 6.15. The van der Waals surface area contributed by atoms with Crippen LogP contribution >= 0.6 is 0 Å². The van der Waals surface area contributed by atoms with E-state index in [2.05, 4.69) is 61.3 Å². The maximum absolute atomic E-state index is 13.2. The lowest BCUT2D eigenvalue weighted by Gasteiger charge is -2.38. The number of hydrogen-bond acceptors (Lipinski definition) is 5. The summed E-state index contributed by atoms with van der Waals surface area (Å²) in [7, 11) is 0. The number of nitrogens with zero attached hydrogens (tertiary/aromatic N) is 5. The van der Waals surface area contributed by atoms with Crippen molar-refractivity contribution < 1.29 is 4.79 Å². The maximum atomic E-state index is 13.2. The molecule has 0 aliphatic carbocycles. The zero-order valence-electron chi connectivity index (χ0n) is 20.2. The maximum Gasteiger partial charge on any atom is 0.225 e. The number of benzene rings is 2. The van der Waals surface area contributed by atoms with Crippen molar-refractivity contribution in [1.82, 2.24) is 20.0 Å². The van der Waals surface area contributed by atoms with Crippen molar-refractivity contribution in [3.05, 3.63) is 84.4 Å². The molecule has 0 radical (unpaired) electrons. The Hall–Kier alpha value is -3.51. The Morgan fingerprint density at radius 2 is 1.49 bits per heavy atom. The van der Waals surface area contributed by atoms with Crippen LogP contribution < -0.4 is 4.90 Å². The summed E-state index contributed by atoms with van der Waals surface area (Å²) in [6, 6.07) is 24.6. The van der Waals surface area contributed by atoms with Crippen molar-refractivity contribution in [2.75, 3.05) is 50.7 Å². The molecule has 2 fully saturated rings. The molecule has 0 bridgehead atoms. The van der Waals surface area contributed by atoms with Gasteiger partial charge in [0.1, 0.15) is 0 Å². The highest BCUT2D eigenvalue weighted by Crippen LogP contribution is 2.25. The van der Waals surface area contributed by atoms with Crippen LogP contribution in [0.15, 0.2) is 78.9 Å². The van der Waals surface area contributed by atoms with Crippen molar-refractivity contribution in [2.24, 2.45) is 5.92 Å². The summed E-state index contributed by atoms with van der Waals surface area (Å²) in [5.74, 6) is 1.34. The third-order valence-corrected chi connectivity index (χ3v) is 7.05. The molecule has 2 saturated heterocycles. The fraction of sp³-hybridized carbons (Fsp3) is 0.345. The van der Waals surface area contributed by atoms with Gasteiger partial charge in [0.25, 0.3) is 0 Å². The van der Waals surface area contributed by atoms with E-state index in [1.54, 1.807) is 0 Å². The molecule has 6 heteroatoms. The Morgan fingerprint density at radius 1 is 0.800 bits per heavy atom. The van der Waals surface area contributed by atoms with Crippen LogP contribution in [0.5, 0.6) is 0 Å². The fourth-order valence-electron chi connectivity index (χ4n) is 4.92. The minimum Gasteiger partial charge on any atom is -0.355 e. The van der Waals surface area contributed by atoms with Crippen LogP contribution in [0.1, 0.15) is 18.4 Å². The van der Waals surface area contributed by atoms with Crippen LogP contribution in [-0.4, -0.2) is 71.7 Å². The second-order valence-electron chi connectivity index (χ2n) is 9.34. The lowest BCUT2D eigenvalue weighted by atomic mass is 9.95. The third-order valence-electron chi connectivity index (χ3n) is 7.05. The van der Waals surface area contributed by atoms with Gasteiger partial charge < -0.3 is 9.80 Å². The van der Waals surface area contributed by atoms with E-state index in [1.165, 1.54) is 5.56 Å². The predicted octanol–water partition coefficient (Wildman–Crippen LogP) is 4.22. The van der Waals surface area contributed by atoms with E-state index in [9.17, 15) is 4.79 Å². The molecule has 0 unspecified atom stereocenters. The van der Waals surface area contributed by atoms with Gasteiger partial charge >= 0.3 is 0 Å². The lowest BCUT2D eigenvalue weighted by molar-refractivity contribution is -0.137. The topological polar surface area (TPSA) is 52.6 Å². The highest BCUT2D eigenvalue weighted by molar-refractivity contribution is 5.79. The second-order valence-corrected chi connectivity index (χ2v) is 9.34. The third kappa shape index (κ3) is 5.95. The van der Waals surface area contributed by atoms with Gasteiger partial charge in [-0.25, -0.2) is 0 Å². The monoisotopic (exact) mass is 467 g/mol. The number of piperazine rings is 1. The summed E-state index contributed by atoms with van der Waals surface area (Å²) in [5, 5.41) is 8.88. The summed E-state index contributed by atoms with van der Waals surface area (Å²) in [6.07, 6.45) is 6.14. The minimum absolute atomic E-state index is 0.118. The molecule has 1 amide bonds. The number of hydrogen-bond donors (Lipinski definition) is 0. The van der Waals surface area contributed by atoms with Crippen LogP contribution in [0, 0.1) is 5.92 Å². The van der Waals surface area contributed by atoms with Crippen LogP contribution in [0.4, 0.5) is 5.82 Å². The molecule has 2 aromatic carbocycles. The molecule has 2 aliphatic heterocycles. The van der Waals surface area contributed by atoms with E-state index in [1.807, 2.05) is 48.5 Å². The SMILES string of the molecule is O=C(C1CCN(c2ccc(-c3ccccc3)nn2)CC1)N1CCN(C/C=C/c2ccccc2)CC1. The molecule has 180 valence electrons. The predicted molar refractivity (Wildman–Crippen MR) is 141 cm³/mol. The molecule has 2 aliphatic rings. The molecule has 1 aromatic heterocycles. The average Bonchev–Trinajstić information content (AvgIpc) is 2.94. The Morgan fingerprint density at radius 3 is 2.14 bits per heavy atom. The lowest BCUT2D eigenvalue weighted by Crippen LogP contribution is -2.51. The molecule has 5 rings (SSSR count). The molecule has 3 heterocycles. The van der Waals surface area contributed by atoms with E-state index < -0.39 is 0 Å². The van der Waals surface area contributed by atoms with E-state index in [0.717, 1.165) is 75.7 Å². The number of aromatic nitrogens is 2. The van der Waals surface area contributed by atoms with Gasteiger partial charge in [-0.05, 0) is 30.5 Å². The normalized spacial score (nSPS) is 17.7. The van der Waals surface area contributed by atoms with Gasteiger partial charge in [-0.3, -0.25) is 9.69 Å². The smallest absolute Gasteiger partial charge is 0.225 e. The van der Waals surface area contributed by atoms with Gasteiger partial charge in [0.15, 0.2) is 5.82 Å². The minimum atomic E-state index is 0.118. The van der Waals surface area contributed by atoms with E-state index in [4.69, 9.17) is 0 Å².